The van der Waals surface area contributed by atoms with Crippen molar-refractivity contribution >= 4 is 81.3 Å². The van der Waals surface area contributed by atoms with E-state index in [0.717, 1.165) is 38.7 Å². The van der Waals surface area contributed by atoms with Gasteiger partial charge in [-0.3, -0.25) is 0 Å². The van der Waals surface area contributed by atoms with Gasteiger partial charge >= 0.3 is 0 Å². The molecule has 0 radical (unpaired) electrons. The number of thiophene rings is 1. The van der Waals surface area contributed by atoms with Crippen molar-refractivity contribution in [3.63, 3.8) is 0 Å². The van der Waals surface area contributed by atoms with Crippen LogP contribution >= 0.6 is 11.3 Å². The van der Waals surface area contributed by atoms with Gasteiger partial charge in [0.15, 0.2) is 0 Å². The van der Waals surface area contributed by atoms with Crippen molar-refractivity contribution in [2.45, 2.75) is 0 Å². The van der Waals surface area contributed by atoms with Crippen molar-refractivity contribution in [1.29, 1.82) is 0 Å². The van der Waals surface area contributed by atoms with Gasteiger partial charge in [0, 0.05) is 43.0 Å². The van der Waals surface area contributed by atoms with Crippen molar-refractivity contribution in [3.8, 4) is 0 Å². The van der Waals surface area contributed by atoms with Crippen molar-refractivity contribution < 1.29 is 4.42 Å². The first-order valence-electron chi connectivity index (χ1n) is 12.4. The van der Waals surface area contributed by atoms with Crippen molar-refractivity contribution in [2.75, 3.05) is 4.90 Å². The van der Waals surface area contributed by atoms with Crippen LogP contribution in [0, 0.1) is 0 Å². The minimum absolute atomic E-state index is 0.922. The van der Waals surface area contributed by atoms with Crippen molar-refractivity contribution in [3.05, 3.63) is 127 Å². The maximum Gasteiger partial charge on any atom is 0.143 e. The summed E-state index contributed by atoms with van der Waals surface area (Å²) < 4.78 is 9.00. The van der Waals surface area contributed by atoms with Gasteiger partial charge in [0.05, 0.1) is 10.4 Å². The second-order valence-corrected chi connectivity index (χ2v) is 10.4. The number of para-hydroxylation sites is 2. The summed E-state index contributed by atoms with van der Waals surface area (Å²) in [6, 6.07) is 45.3. The molecule has 0 bridgehead atoms. The molecular weight excluding hydrogens is 470 g/mol. The molecule has 0 aliphatic rings. The van der Waals surface area contributed by atoms with E-state index in [1.54, 1.807) is 0 Å². The fraction of sp³-hybridized carbons (Fsp3) is 0. The molecular formula is C34H21NOS. The SMILES string of the molecule is c1ccc(N(c2ccc3ccc4c5ccccc5oc4c3c2)c2cccc3c2sc2ccccc23)cc1. The fourth-order valence-electron chi connectivity index (χ4n) is 5.54. The lowest BCUT2D eigenvalue weighted by Gasteiger charge is -2.26. The van der Waals surface area contributed by atoms with Gasteiger partial charge in [0.2, 0.25) is 0 Å². The first-order chi connectivity index (χ1) is 18.3. The topological polar surface area (TPSA) is 16.4 Å². The van der Waals surface area contributed by atoms with Gasteiger partial charge in [-0.1, -0.05) is 78.9 Å². The summed E-state index contributed by atoms with van der Waals surface area (Å²) in [5.41, 5.74) is 5.28. The van der Waals surface area contributed by atoms with Crippen LogP contribution in [0.5, 0.6) is 0 Å². The Balaban J connectivity index is 1.43. The van der Waals surface area contributed by atoms with Gasteiger partial charge in [-0.25, -0.2) is 0 Å². The highest BCUT2D eigenvalue weighted by Crippen LogP contribution is 2.45. The van der Waals surface area contributed by atoms with E-state index in [1.807, 2.05) is 23.5 Å². The summed E-state index contributed by atoms with van der Waals surface area (Å²) in [7, 11) is 0. The first-order valence-corrected chi connectivity index (χ1v) is 13.3. The van der Waals surface area contributed by atoms with Crippen LogP contribution in [0.25, 0.3) is 52.9 Å². The molecule has 8 rings (SSSR count). The van der Waals surface area contributed by atoms with E-state index in [1.165, 1.54) is 31.2 Å². The summed E-state index contributed by atoms with van der Waals surface area (Å²) in [6.07, 6.45) is 0. The third-order valence-electron chi connectivity index (χ3n) is 7.24. The van der Waals surface area contributed by atoms with Crippen LogP contribution in [0.3, 0.4) is 0 Å². The fourth-order valence-corrected chi connectivity index (χ4v) is 6.75. The average Bonchev–Trinajstić information content (AvgIpc) is 3.53. The molecule has 2 heterocycles. The van der Waals surface area contributed by atoms with Crippen molar-refractivity contribution in [2.24, 2.45) is 0 Å². The molecule has 37 heavy (non-hydrogen) atoms. The van der Waals surface area contributed by atoms with Crippen LogP contribution in [0.2, 0.25) is 0 Å². The lowest BCUT2D eigenvalue weighted by Crippen LogP contribution is -2.09. The Morgan fingerprint density at radius 1 is 0.514 bits per heavy atom. The Morgan fingerprint density at radius 3 is 2.19 bits per heavy atom. The van der Waals surface area contributed by atoms with Gasteiger partial charge in [0.1, 0.15) is 11.2 Å². The molecule has 0 aliphatic carbocycles. The Kier molecular flexibility index (Phi) is 4.42. The monoisotopic (exact) mass is 491 g/mol. The summed E-state index contributed by atoms with van der Waals surface area (Å²) in [6.45, 7) is 0. The molecule has 3 heteroatoms. The van der Waals surface area contributed by atoms with E-state index in [2.05, 4.69) is 120 Å². The van der Waals surface area contributed by atoms with E-state index in [9.17, 15) is 0 Å². The molecule has 0 aliphatic heterocycles. The number of benzene rings is 6. The van der Waals surface area contributed by atoms with Gasteiger partial charge in [0.25, 0.3) is 0 Å². The van der Waals surface area contributed by atoms with Crippen molar-refractivity contribution in [1.82, 2.24) is 0 Å². The number of nitrogens with zero attached hydrogens (tertiary/aromatic N) is 1. The number of fused-ring (bicyclic) bond motifs is 8. The Bertz CT molecular complexity index is 2100. The van der Waals surface area contributed by atoms with Gasteiger partial charge in [-0.15, -0.1) is 11.3 Å². The molecule has 6 aromatic carbocycles. The predicted molar refractivity (Wildman–Crippen MR) is 159 cm³/mol. The van der Waals surface area contributed by atoms with Crippen LogP contribution < -0.4 is 4.90 Å². The average molecular weight is 492 g/mol. The molecule has 8 aromatic rings. The number of furan rings is 1. The minimum Gasteiger partial charge on any atom is -0.455 e. The molecule has 0 unspecified atom stereocenters. The second-order valence-electron chi connectivity index (χ2n) is 9.37. The summed E-state index contributed by atoms with van der Waals surface area (Å²) in [4.78, 5) is 2.37. The molecule has 0 N–H and O–H groups in total. The third-order valence-corrected chi connectivity index (χ3v) is 8.45. The van der Waals surface area contributed by atoms with E-state index in [4.69, 9.17) is 4.42 Å². The number of hydrogen-bond donors (Lipinski definition) is 0. The Labute approximate surface area is 217 Å². The van der Waals surface area contributed by atoms with Gasteiger partial charge < -0.3 is 9.32 Å². The number of anilines is 3. The maximum atomic E-state index is 6.41. The summed E-state index contributed by atoms with van der Waals surface area (Å²) >= 11 is 1.85. The molecule has 2 aromatic heterocycles. The third kappa shape index (κ3) is 3.11. The molecule has 0 spiro atoms. The quantitative estimate of drug-likeness (QED) is 0.244. The highest BCUT2D eigenvalue weighted by Gasteiger charge is 2.19. The first kappa shape index (κ1) is 20.6. The van der Waals surface area contributed by atoms with Crippen LogP contribution in [0.15, 0.2) is 132 Å². The Morgan fingerprint density at radius 2 is 1.27 bits per heavy atom. The maximum absolute atomic E-state index is 6.41. The zero-order valence-corrected chi connectivity index (χ0v) is 20.7. The molecule has 0 atom stereocenters. The van der Waals surface area contributed by atoms with E-state index < -0.39 is 0 Å². The molecule has 174 valence electrons. The van der Waals surface area contributed by atoms with E-state index in [-0.39, 0.29) is 0 Å². The van der Waals surface area contributed by atoms with Gasteiger partial charge in [-0.05, 0) is 53.9 Å². The molecule has 0 fully saturated rings. The van der Waals surface area contributed by atoms with E-state index in [0.29, 0.717) is 0 Å². The summed E-state index contributed by atoms with van der Waals surface area (Å²) in [5.74, 6) is 0. The molecule has 0 saturated carbocycles. The molecule has 2 nitrogen and oxygen atoms in total. The van der Waals surface area contributed by atoms with Crippen LogP contribution in [-0.2, 0) is 0 Å². The highest BCUT2D eigenvalue weighted by atomic mass is 32.1. The van der Waals surface area contributed by atoms with E-state index >= 15 is 0 Å². The molecule has 0 saturated heterocycles. The zero-order valence-electron chi connectivity index (χ0n) is 19.9. The normalized spacial score (nSPS) is 11.8. The second kappa shape index (κ2) is 7.95. The minimum atomic E-state index is 0.922. The molecule has 0 amide bonds. The Hall–Kier alpha value is -4.60. The lowest BCUT2D eigenvalue weighted by atomic mass is 10.0. The van der Waals surface area contributed by atoms with Crippen LogP contribution in [0.1, 0.15) is 0 Å². The number of rotatable bonds is 3. The smallest absolute Gasteiger partial charge is 0.143 e. The lowest BCUT2D eigenvalue weighted by molar-refractivity contribution is 0.672. The predicted octanol–water partition coefficient (Wildman–Crippen LogP) is 10.6. The zero-order chi connectivity index (χ0) is 24.3. The number of hydrogen-bond acceptors (Lipinski definition) is 3. The van der Waals surface area contributed by atoms with Crippen LogP contribution in [0.4, 0.5) is 17.1 Å². The standard InChI is InChI=1S/C34H21NOS/c1-2-9-23(10-3-1)35(30-14-8-13-28-26-12-5-7-16-32(26)37-34(28)30)24-19-17-22-18-20-27-25-11-4-6-15-31(25)36-33(27)29(22)21-24/h1-21H. The van der Waals surface area contributed by atoms with Crippen LogP contribution in [-0.4, -0.2) is 0 Å². The van der Waals surface area contributed by atoms with Gasteiger partial charge in [-0.2, -0.15) is 0 Å². The summed E-state index contributed by atoms with van der Waals surface area (Å²) in [5, 5.41) is 7.19. The highest BCUT2D eigenvalue weighted by molar-refractivity contribution is 7.26. The largest absolute Gasteiger partial charge is 0.455 e.